The van der Waals surface area contributed by atoms with Crippen molar-refractivity contribution in [1.82, 2.24) is 4.98 Å². The van der Waals surface area contributed by atoms with E-state index in [-0.39, 0.29) is 5.91 Å². The molecule has 2 atom stereocenters. The van der Waals surface area contributed by atoms with Crippen LogP contribution in [0.5, 0.6) is 0 Å². The van der Waals surface area contributed by atoms with Crippen LogP contribution < -0.4 is 5.73 Å². The number of amides is 1. The molecule has 116 valence electrons. The Morgan fingerprint density at radius 3 is 2.57 bits per heavy atom. The van der Waals surface area contributed by atoms with Crippen LogP contribution >= 0.6 is 11.8 Å². The van der Waals surface area contributed by atoms with Gasteiger partial charge in [0.2, 0.25) is 5.91 Å². The molecule has 4 nitrogen and oxygen atoms in total. The van der Waals surface area contributed by atoms with Crippen molar-refractivity contribution < 1.29 is 9.53 Å². The lowest BCUT2D eigenvalue weighted by Crippen LogP contribution is -2.47. The van der Waals surface area contributed by atoms with Crippen molar-refractivity contribution >= 4 is 17.7 Å². The number of rotatable bonds is 6. The SMILES string of the molecule is COC(C)(C1CCCC1)C(C(N)=O)c1ccc(SC)cn1. The summed E-state index contributed by atoms with van der Waals surface area (Å²) in [4.78, 5) is 17.6. The highest BCUT2D eigenvalue weighted by atomic mass is 32.2. The van der Waals surface area contributed by atoms with Crippen molar-refractivity contribution in [2.45, 2.75) is 49.0 Å². The minimum atomic E-state index is -0.587. The van der Waals surface area contributed by atoms with Crippen LogP contribution in [0.1, 0.15) is 44.2 Å². The first-order valence-electron chi connectivity index (χ1n) is 7.37. The Morgan fingerprint density at radius 1 is 1.48 bits per heavy atom. The number of nitrogens with two attached hydrogens (primary N) is 1. The second-order valence-electron chi connectivity index (χ2n) is 5.83. The van der Waals surface area contributed by atoms with Gasteiger partial charge >= 0.3 is 0 Å². The predicted octanol–water partition coefficient (Wildman–Crippen LogP) is 2.97. The van der Waals surface area contributed by atoms with E-state index in [1.807, 2.05) is 25.3 Å². The molecular formula is C16H24N2O2S. The van der Waals surface area contributed by atoms with Gasteiger partial charge in [0.1, 0.15) is 5.92 Å². The molecule has 0 aliphatic heterocycles. The molecule has 1 aliphatic carbocycles. The van der Waals surface area contributed by atoms with Crippen LogP contribution in [-0.4, -0.2) is 29.9 Å². The van der Waals surface area contributed by atoms with E-state index in [0.717, 1.165) is 17.7 Å². The molecule has 2 rings (SSSR count). The molecule has 1 amide bonds. The second kappa shape index (κ2) is 6.79. The van der Waals surface area contributed by atoms with Crippen molar-refractivity contribution in [3.63, 3.8) is 0 Å². The zero-order valence-electron chi connectivity index (χ0n) is 13.0. The molecular weight excluding hydrogens is 284 g/mol. The fourth-order valence-electron chi connectivity index (χ4n) is 3.42. The fraction of sp³-hybridized carbons (Fsp3) is 0.625. The lowest BCUT2D eigenvalue weighted by Gasteiger charge is -2.39. The third kappa shape index (κ3) is 3.24. The largest absolute Gasteiger partial charge is 0.377 e. The summed E-state index contributed by atoms with van der Waals surface area (Å²) in [5, 5.41) is 0. The molecule has 1 fully saturated rings. The molecule has 0 radical (unpaired) electrons. The minimum absolute atomic E-state index is 0.349. The van der Waals surface area contributed by atoms with Crippen molar-refractivity contribution in [3.05, 3.63) is 24.0 Å². The molecule has 5 heteroatoms. The molecule has 0 spiro atoms. The number of thioether (sulfide) groups is 1. The van der Waals surface area contributed by atoms with Crippen molar-refractivity contribution in [2.24, 2.45) is 11.7 Å². The van der Waals surface area contributed by atoms with Gasteiger partial charge in [-0.05, 0) is 44.1 Å². The first-order chi connectivity index (χ1) is 10.0. The first-order valence-corrected chi connectivity index (χ1v) is 8.59. The van der Waals surface area contributed by atoms with E-state index in [0.29, 0.717) is 11.6 Å². The van der Waals surface area contributed by atoms with Crippen molar-refractivity contribution in [1.29, 1.82) is 0 Å². The van der Waals surface area contributed by atoms with E-state index in [4.69, 9.17) is 10.5 Å². The molecule has 1 aliphatic rings. The van der Waals surface area contributed by atoms with E-state index < -0.39 is 11.5 Å². The van der Waals surface area contributed by atoms with Crippen LogP contribution in [0.25, 0.3) is 0 Å². The molecule has 1 heterocycles. The molecule has 1 saturated carbocycles. The number of methoxy groups -OCH3 is 1. The van der Waals surface area contributed by atoms with Crippen LogP contribution in [0.2, 0.25) is 0 Å². The first kappa shape index (κ1) is 16.3. The van der Waals surface area contributed by atoms with E-state index in [2.05, 4.69) is 4.98 Å². The van der Waals surface area contributed by atoms with E-state index in [9.17, 15) is 4.79 Å². The fourth-order valence-corrected chi connectivity index (χ4v) is 3.79. The summed E-state index contributed by atoms with van der Waals surface area (Å²) >= 11 is 1.63. The van der Waals surface area contributed by atoms with Gasteiger partial charge in [-0.1, -0.05) is 12.8 Å². The summed E-state index contributed by atoms with van der Waals surface area (Å²) in [5.74, 6) is -0.529. The molecule has 21 heavy (non-hydrogen) atoms. The van der Waals surface area contributed by atoms with Crippen LogP contribution in [0.4, 0.5) is 0 Å². The average Bonchev–Trinajstić information content (AvgIpc) is 3.02. The summed E-state index contributed by atoms with van der Waals surface area (Å²) in [6.07, 6.45) is 8.33. The van der Waals surface area contributed by atoms with Crippen LogP contribution in [-0.2, 0) is 9.53 Å². The normalized spacial score (nSPS) is 20.1. The third-order valence-electron chi connectivity index (χ3n) is 4.75. The standard InChI is InChI=1S/C16H24N2O2S/c1-16(20-2,11-6-4-5-7-11)14(15(17)19)13-9-8-12(21-3)10-18-13/h8-11,14H,4-7H2,1-3H3,(H2,17,19). The summed E-state index contributed by atoms with van der Waals surface area (Å²) in [5.41, 5.74) is 5.82. The molecule has 1 aromatic heterocycles. The number of hydrogen-bond acceptors (Lipinski definition) is 4. The Kier molecular flexibility index (Phi) is 5.27. The Morgan fingerprint density at radius 2 is 2.14 bits per heavy atom. The minimum Gasteiger partial charge on any atom is -0.377 e. The maximum atomic E-state index is 12.1. The summed E-state index contributed by atoms with van der Waals surface area (Å²) in [6.45, 7) is 2.00. The van der Waals surface area contributed by atoms with Gasteiger partial charge in [-0.25, -0.2) is 0 Å². The topological polar surface area (TPSA) is 65.2 Å². The lowest BCUT2D eigenvalue weighted by atomic mass is 9.75. The van der Waals surface area contributed by atoms with Crippen molar-refractivity contribution in [3.8, 4) is 0 Å². The summed E-state index contributed by atoms with van der Waals surface area (Å²) in [6, 6.07) is 3.88. The van der Waals surface area contributed by atoms with Crippen LogP contribution in [0.3, 0.4) is 0 Å². The number of carbonyl (C=O) groups is 1. The Labute approximate surface area is 130 Å². The zero-order chi connectivity index (χ0) is 15.5. The highest BCUT2D eigenvalue weighted by molar-refractivity contribution is 7.98. The van der Waals surface area contributed by atoms with Gasteiger partial charge in [-0.15, -0.1) is 11.8 Å². The number of ether oxygens (including phenoxy) is 1. The zero-order valence-corrected chi connectivity index (χ0v) is 13.8. The number of pyridine rings is 1. The highest BCUT2D eigenvalue weighted by Crippen LogP contribution is 2.44. The third-order valence-corrected chi connectivity index (χ3v) is 5.47. The monoisotopic (exact) mass is 308 g/mol. The van der Waals surface area contributed by atoms with Gasteiger partial charge in [0.15, 0.2) is 0 Å². The molecule has 0 saturated heterocycles. The molecule has 2 N–H and O–H groups in total. The Bertz CT molecular complexity index is 486. The van der Waals surface area contributed by atoms with Gasteiger partial charge < -0.3 is 10.5 Å². The van der Waals surface area contributed by atoms with Crippen LogP contribution in [0, 0.1) is 5.92 Å². The molecule has 0 bridgehead atoms. The molecule has 0 aromatic carbocycles. The van der Waals surface area contributed by atoms with Gasteiger partial charge in [0, 0.05) is 18.2 Å². The highest BCUT2D eigenvalue weighted by Gasteiger charge is 2.47. The van der Waals surface area contributed by atoms with Gasteiger partial charge in [-0.2, -0.15) is 0 Å². The van der Waals surface area contributed by atoms with Gasteiger partial charge in [0.05, 0.1) is 11.3 Å². The van der Waals surface area contributed by atoms with E-state index in [1.54, 1.807) is 25.1 Å². The number of hydrogen-bond donors (Lipinski definition) is 1. The smallest absolute Gasteiger partial charge is 0.229 e. The summed E-state index contributed by atoms with van der Waals surface area (Å²) < 4.78 is 5.81. The average molecular weight is 308 g/mol. The molecule has 1 aromatic rings. The van der Waals surface area contributed by atoms with Crippen molar-refractivity contribution in [2.75, 3.05) is 13.4 Å². The van der Waals surface area contributed by atoms with Gasteiger partial charge in [-0.3, -0.25) is 9.78 Å². The van der Waals surface area contributed by atoms with Gasteiger partial charge in [0.25, 0.3) is 0 Å². The summed E-state index contributed by atoms with van der Waals surface area (Å²) in [7, 11) is 1.67. The maximum Gasteiger partial charge on any atom is 0.229 e. The second-order valence-corrected chi connectivity index (χ2v) is 6.71. The Hall–Kier alpha value is -1.07. The number of nitrogens with zero attached hydrogens (tertiary/aromatic N) is 1. The predicted molar refractivity (Wildman–Crippen MR) is 85.3 cm³/mol. The molecule has 2 unspecified atom stereocenters. The number of primary amides is 1. The number of aromatic nitrogens is 1. The quantitative estimate of drug-likeness (QED) is 0.821. The van der Waals surface area contributed by atoms with E-state index in [1.165, 1.54) is 12.8 Å². The maximum absolute atomic E-state index is 12.1. The van der Waals surface area contributed by atoms with E-state index >= 15 is 0 Å². The Balaban J connectivity index is 2.37. The van der Waals surface area contributed by atoms with Crippen LogP contribution in [0.15, 0.2) is 23.2 Å². The lowest BCUT2D eigenvalue weighted by molar-refractivity contribution is -0.131. The number of carbonyl (C=O) groups excluding carboxylic acids is 1.